The fourth-order valence-electron chi connectivity index (χ4n) is 1.59. The van der Waals surface area contributed by atoms with Crippen LogP contribution in [0.25, 0.3) is 0 Å². The quantitative estimate of drug-likeness (QED) is 0.890. The van der Waals surface area contributed by atoms with Crippen LogP contribution in [0.3, 0.4) is 0 Å². The number of ether oxygens (including phenoxy) is 2. The van der Waals surface area contributed by atoms with Crippen LogP contribution in [0.4, 0.5) is 0 Å². The van der Waals surface area contributed by atoms with Gasteiger partial charge >= 0.3 is 0 Å². The lowest BCUT2D eigenvalue weighted by Crippen LogP contribution is -2.47. The Morgan fingerprint density at radius 1 is 1.21 bits per heavy atom. The standard InChI is InChI=1S/C15H23NO3/c1-6-13(14(17)16-15(2,3)4)19-12-9-7-11(18-5)8-10-12/h7-10,13H,6H2,1-5H3,(H,16,17)/t13-/m0/s1. The molecule has 0 saturated heterocycles. The van der Waals surface area contributed by atoms with E-state index in [2.05, 4.69) is 5.32 Å². The van der Waals surface area contributed by atoms with Crippen molar-refractivity contribution < 1.29 is 14.3 Å². The summed E-state index contributed by atoms with van der Waals surface area (Å²) in [6.45, 7) is 7.78. The van der Waals surface area contributed by atoms with Crippen molar-refractivity contribution in [2.45, 2.75) is 45.8 Å². The Hall–Kier alpha value is -1.71. The lowest BCUT2D eigenvalue weighted by molar-refractivity contribution is -0.129. The molecule has 4 heteroatoms. The van der Waals surface area contributed by atoms with E-state index in [1.807, 2.05) is 39.8 Å². The largest absolute Gasteiger partial charge is 0.497 e. The van der Waals surface area contributed by atoms with E-state index in [0.717, 1.165) is 5.75 Å². The number of benzene rings is 1. The molecule has 0 radical (unpaired) electrons. The number of hydrogen-bond acceptors (Lipinski definition) is 3. The van der Waals surface area contributed by atoms with Gasteiger partial charge in [-0.3, -0.25) is 4.79 Å². The lowest BCUT2D eigenvalue weighted by Gasteiger charge is -2.24. The number of amides is 1. The summed E-state index contributed by atoms with van der Waals surface area (Å²) in [6.07, 6.45) is 0.140. The van der Waals surface area contributed by atoms with Gasteiger partial charge in [-0.1, -0.05) is 6.92 Å². The Balaban J connectivity index is 2.67. The molecule has 0 unspecified atom stereocenters. The summed E-state index contributed by atoms with van der Waals surface area (Å²) in [5.41, 5.74) is -0.256. The fraction of sp³-hybridized carbons (Fsp3) is 0.533. The van der Waals surface area contributed by atoms with E-state index in [9.17, 15) is 4.79 Å². The molecular weight excluding hydrogens is 242 g/mol. The van der Waals surface area contributed by atoms with Crippen LogP contribution in [0.15, 0.2) is 24.3 Å². The number of carbonyl (C=O) groups excluding carboxylic acids is 1. The van der Waals surface area contributed by atoms with Crippen molar-refractivity contribution in [2.75, 3.05) is 7.11 Å². The minimum Gasteiger partial charge on any atom is -0.497 e. The third-order valence-corrected chi connectivity index (χ3v) is 2.50. The molecule has 0 fully saturated rings. The van der Waals surface area contributed by atoms with E-state index in [4.69, 9.17) is 9.47 Å². The van der Waals surface area contributed by atoms with Crippen LogP contribution in [0, 0.1) is 0 Å². The Kier molecular flexibility index (Phi) is 5.21. The van der Waals surface area contributed by atoms with Gasteiger partial charge in [-0.25, -0.2) is 0 Å². The van der Waals surface area contributed by atoms with Gasteiger partial charge in [0.05, 0.1) is 7.11 Å². The Morgan fingerprint density at radius 2 is 1.74 bits per heavy atom. The molecule has 1 aromatic carbocycles. The molecule has 1 aromatic rings. The first-order chi connectivity index (χ1) is 8.85. The van der Waals surface area contributed by atoms with Crippen molar-refractivity contribution in [3.63, 3.8) is 0 Å². The minimum absolute atomic E-state index is 0.0918. The Morgan fingerprint density at radius 3 is 2.16 bits per heavy atom. The van der Waals surface area contributed by atoms with E-state index < -0.39 is 6.10 Å². The molecule has 0 aliphatic carbocycles. The maximum absolute atomic E-state index is 12.1. The molecule has 1 atom stereocenters. The molecule has 0 spiro atoms. The van der Waals surface area contributed by atoms with Gasteiger partial charge in [-0.05, 0) is 51.5 Å². The molecule has 1 amide bonds. The zero-order valence-corrected chi connectivity index (χ0v) is 12.3. The van der Waals surface area contributed by atoms with Gasteiger partial charge in [-0.15, -0.1) is 0 Å². The number of nitrogens with one attached hydrogen (secondary N) is 1. The summed E-state index contributed by atoms with van der Waals surface area (Å²) < 4.78 is 10.8. The minimum atomic E-state index is -0.479. The van der Waals surface area contributed by atoms with Gasteiger partial charge in [0.2, 0.25) is 0 Å². The first kappa shape index (κ1) is 15.3. The lowest BCUT2D eigenvalue weighted by atomic mass is 10.1. The molecule has 0 bridgehead atoms. The maximum Gasteiger partial charge on any atom is 0.261 e. The van der Waals surface area contributed by atoms with E-state index in [1.54, 1.807) is 19.2 Å². The van der Waals surface area contributed by atoms with Gasteiger partial charge < -0.3 is 14.8 Å². The van der Waals surface area contributed by atoms with Gasteiger partial charge in [0.15, 0.2) is 6.10 Å². The molecule has 0 aliphatic heterocycles. The van der Waals surface area contributed by atoms with Crippen LogP contribution < -0.4 is 14.8 Å². The van der Waals surface area contributed by atoms with Crippen molar-refractivity contribution in [1.82, 2.24) is 5.32 Å². The summed E-state index contributed by atoms with van der Waals surface area (Å²) in [6, 6.07) is 7.21. The van der Waals surface area contributed by atoms with Gasteiger partial charge in [0.25, 0.3) is 5.91 Å². The number of rotatable bonds is 5. The number of hydrogen-bond donors (Lipinski definition) is 1. The average Bonchev–Trinajstić information content (AvgIpc) is 2.34. The molecule has 19 heavy (non-hydrogen) atoms. The second-order valence-electron chi connectivity index (χ2n) is 5.43. The van der Waals surface area contributed by atoms with Crippen LogP contribution in [0.2, 0.25) is 0 Å². The third-order valence-electron chi connectivity index (χ3n) is 2.50. The third kappa shape index (κ3) is 5.20. The highest BCUT2D eigenvalue weighted by Gasteiger charge is 2.22. The molecule has 0 saturated carbocycles. The Bertz CT molecular complexity index is 406. The van der Waals surface area contributed by atoms with Crippen molar-refractivity contribution >= 4 is 5.91 Å². The van der Waals surface area contributed by atoms with Crippen LogP contribution >= 0.6 is 0 Å². The summed E-state index contributed by atoms with van der Waals surface area (Å²) in [5, 5.41) is 2.92. The van der Waals surface area contributed by atoms with Gasteiger partial charge in [0, 0.05) is 5.54 Å². The van der Waals surface area contributed by atoms with Gasteiger partial charge in [0.1, 0.15) is 11.5 Å². The topological polar surface area (TPSA) is 47.6 Å². The first-order valence-corrected chi connectivity index (χ1v) is 6.48. The van der Waals surface area contributed by atoms with Crippen molar-refractivity contribution in [2.24, 2.45) is 0 Å². The normalized spacial score (nSPS) is 12.7. The SMILES string of the molecule is CC[C@H](Oc1ccc(OC)cc1)C(=O)NC(C)(C)C. The molecule has 0 aromatic heterocycles. The molecule has 106 valence electrons. The van der Waals surface area contributed by atoms with Crippen LogP contribution in [0.5, 0.6) is 11.5 Å². The van der Waals surface area contributed by atoms with E-state index >= 15 is 0 Å². The summed E-state index contributed by atoms with van der Waals surface area (Å²) in [5.74, 6) is 1.34. The van der Waals surface area contributed by atoms with Gasteiger partial charge in [-0.2, -0.15) is 0 Å². The Labute approximate surface area is 115 Å². The second-order valence-corrected chi connectivity index (χ2v) is 5.43. The number of methoxy groups -OCH3 is 1. The highest BCUT2D eigenvalue weighted by molar-refractivity contribution is 5.81. The highest BCUT2D eigenvalue weighted by Crippen LogP contribution is 2.19. The van der Waals surface area contributed by atoms with E-state index in [0.29, 0.717) is 12.2 Å². The van der Waals surface area contributed by atoms with Crippen LogP contribution in [0.1, 0.15) is 34.1 Å². The summed E-state index contributed by atoms with van der Waals surface area (Å²) in [7, 11) is 1.61. The monoisotopic (exact) mass is 265 g/mol. The first-order valence-electron chi connectivity index (χ1n) is 6.48. The predicted octanol–water partition coefficient (Wildman–Crippen LogP) is 2.77. The van der Waals surface area contributed by atoms with Crippen molar-refractivity contribution in [3.8, 4) is 11.5 Å². The summed E-state index contributed by atoms with van der Waals surface area (Å²) in [4.78, 5) is 12.1. The highest BCUT2D eigenvalue weighted by atomic mass is 16.5. The van der Waals surface area contributed by atoms with E-state index in [-0.39, 0.29) is 11.4 Å². The average molecular weight is 265 g/mol. The molecule has 0 aliphatic rings. The molecule has 4 nitrogen and oxygen atoms in total. The predicted molar refractivity (Wildman–Crippen MR) is 75.6 cm³/mol. The molecule has 1 rings (SSSR count). The second kappa shape index (κ2) is 6.45. The summed E-state index contributed by atoms with van der Waals surface area (Å²) >= 11 is 0. The molecule has 0 heterocycles. The van der Waals surface area contributed by atoms with Crippen molar-refractivity contribution in [3.05, 3.63) is 24.3 Å². The molecule has 1 N–H and O–H groups in total. The zero-order valence-electron chi connectivity index (χ0n) is 12.3. The maximum atomic E-state index is 12.1. The van der Waals surface area contributed by atoms with Crippen LogP contribution in [-0.4, -0.2) is 24.7 Å². The van der Waals surface area contributed by atoms with E-state index in [1.165, 1.54) is 0 Å². The zero-order chi connectivity index (χ0) is 14.5. The fourth-order valence-corrected chi connectivity index (χ4v) is 1.59. The smallest absolute Gasteiger partial charge is 0.261 e. The number of carbonyl (C=O) groups is 1. The van der Waals surface area contributed by atoms with Crippen molar-refractivity contribution in [1.29, 1.82) is 0 Å². The van der Waals surface area contributed by atoms with Crippen LogP contribution in [-0.2, 0) is 4.79 Å². The molecular formula is C15H23NO3.